The first-order valence-corrected chi connectivity index (χ1v) is 13.8. The molecule has 39 heavy (non-hydrogen) atoms. The molecule has 3 nitrogen and oxygen atoms in total. The summed E-state index contributed by atoms with van der Waals surface area (Å²) in [5.74, 6) is -0.607. The molecule has 7 heteroatoms. The number of aromatic nitrogens is 1. The fraction of sp³-hybridized carbons (Fsp3) is 0.344. The van der Waals surface area contributed by atoms with E-state index in [9.17, 15) is 23.1 Å². The van der Waals surface area contributed by atoms with Crippen LogP contribution in [0.2, 0.25) is 0 Å². The molecule has 0 bridgehead atoms. The van der Waals surface area contributed by atoms with Gasteiger partial charge in [-0.3, -0.25) is 4.79 Å². The third-order valence-electron chi connectivity index (χ3n) is 7.23. The molecule has 0 amide bonds. The highest BCUT2D eigenvalue weighted by atomic mass is 32.2. The van der Waals surface area contributed by atoms with Gasteiger partial charge < -0.3 is 9.67 Å². The molecule has 0 saturated heterocycles. The fourth-order valence-corrected chi connectivity index (χ4v) is 6.00. The molecule has 0 atom stereocenters. The molecule has 1 aromatic heterocycles. The summed E-state index contributed by atoms with van der Waals surface area (Å²) in [5.41, 5.74) is 4.20. The maximum Gasteiger partial charge on any atom is 0.416 e. The minimum Gasteiger partial charge on any atom is -0.481 e. The standard InChI is InChI=1S/C32H34F3NO2S/c1-19(2)23-12-15-26-25(16-23)29(39-28-20(3)8-7-9-21(28)4)27(17-31(5,6)30(37)38)36(26)18-22-10-13-24(14-11-22)32(33,34)35/h7-16,19H,17-18H2,1-6H3,(H,37,38). The summed E-state index contributed by atoms with van der Waals surface area (Å²) in [5, 5.41) is 11.1. The molecule has 0 radical (unpaired) electrons. The highest BCUT2D eigenvalue weighted by molar-refractivity contribution is 7.99. The molecule has 0 aliphatic heterocycles. The predicted octanol–water partition coefficient (Wildman–Crippen LogP) is 9.25. The van der Waals surface area contributed by atoms with Gasteiger partial charge >= 0.3 is 12.1 Å². The number of hydrogen-bond acceptors (Lipinski definition) is 2. The molecule has 0 aliphatic carbocycles. The Bertz CT molecular complexity index is 1500. The van der Waals surface area contributed by atoms with E-state index < -0.39 is 23.1 Å². The first-order chi connectivity index (χ1) is 18.2. The number of rotatable bonds is 8. The second-order valence-electron chi connectivity index (χ2n) is 11.2. The van der Waals surface area contributed by atoms with Gasteiger partial charge in [0.2, 0.25) is 0 Å². The van der Waals surface area contributed by atoms with Crippen molar-refractivity contribution < 1.29 is 23.1 Å². The van der Waals surface area contributed by atoms with Crippen LogP contribution in [0.1, 0.15) is 67.1 Å². The molecule has 0 aliphatic rings. The Labute approximate surface area is 232 Å². The van der Waals surface area contributed by atoms with Gasteiger partial charge in [0.25, 0.3) is 0 Å². The van der Waals surface area contributed by atoms with E-state index in [4.69, 9.17) is 0 Å². The van der Waals surface area contributed by atoms with E-state index in [0.717, 1.165) is 49.6 Å². The van der Waals surface area contributed by atoms with Gasteiger partial charge in [-0.2, -0.15) is 13.2 Å². The van der Waals surface area contributed by atoms with Crippen LogP contribution in [0.25, 0.3) is 10.9 Å². The summed E-state index contributed by atoms with van der Waals surface area (Å²) in [6.45, 7) is 12.1. The number of carboxylic acids is 1. The SMILES string of the molecule is Cc1cccc(C)c1Sc1c(CC(C)(C)C(=O)O)n(Cc2ccc(C(F)(F)F)cc2)c2ccc(C(C)C)cc12. The normalized spacial score (nSPS) is 12.5. The predicted molar refractivity (Wildman–Crippen MR) is 152 cm³/mol. The van der Waals surface area contributed by atoms with Crippen LogP contribution in [0, 0.1) is 19.3 Å². The summed E-state index contributed by atoms with van der Waals surface area (Å²) in [6, 6.07) is 17.7. The number of aryl methyl sites for hydroxylation is 2. The van der Waals surface area contributed by atoms with Gasteiger partial charge in [0, 0.05) is 39.4 Å². The number of hydrogen-bond donors (Lipinski definition) is 1. The van der Waals surface area contributed by atoms with E-state index in [1.54, 1.807) is 25.6 Å². The van der Waals surface area contributed by atoms with Crippen molar-refractivity contribution in [2.24, 2.45) is 5.41 Å². The van der Waals surface area contributed by atoms with Gasteiger partial charge in [0.05, 0.1) is 11.0 Å². The average Bonchev–Trinajstić information content (AvgIpc) is 3.12. The highest BCUT2D eigenvalue weighted by Crippen LogP contribution is 2.44. The lowest BCUT2D eigenvalue weighted by molar-refractivity contribution is -0.147. The van der Waals surface area contributed by atoms with Crippen LogP contribution in [-0.2, 0) is 23.9 Å². The summed E-state index contributed by atoms with van der Waals surface area (Å²) in [6.07, 6.45) is -4.14. The zero-order valence-corrected chi connectivity index (χ0v) is 23.9. The van der Waals surface area contributed by atoms with Crippen LogP contribution >= 0.6 is 11.8 Å². The number of benzene rings is 3. The first kappa shape index (κ1) is 28.8. The van der Waals surface area contributed by atoms with Crippen molar-refractivity contribution in [2.45, 2.75) is 76.4 Å². The summed E-state index contributed by atoms with van der Waals surface area (Å²) in [4.78, 5) is 14.4. The average molecular weight is 554 g/mol. The molecule has 0 saturated carbocycles. The summed E-state index contributed by atoms with van der Waals surface area (Å²) >= 11 is 1.64. The van der Waals surface area contributed by atoms with Gasteiger partial charge in [0.1, 0.15) is 0 Å². The molecule has 1 N–H and O–H groups in total. The van der Waals surface area contributed by atoms with Gasteiger partial charge in [0.15, 0.2) is 0 Å². The minimum atomic E-state index is -4.40. The second-order valence-corrected chi connectivity index (χ2v) is 12.2. The second kappa shape index (κ2) is 10.8. The Morgan fingerprint density at radius 3 is 2.10 bits per heavy atom. The fourth-order valence-electron chi connectivity index (χ4n) is 4.76. The number of aliphatic carboxylic acids is 1. The Balaban J connectivity index is 1.97. The van der Waals surface area contributed by atoms with Crippen molar-refractivity contribution in [1.29, 1.82) is 0 Å². The molecular formula is C32H34F3NO2S. The molecule has 0 unspecified atom stereocenters. The molecule has 3 aromatic carbocycles. The zero-order chi connectivity index (χ0) is 28.7. The van der Waals surface area contributed by atoms with Crippen LogP contribution in [0.15, 0.2) is 70.5 Å². The van der Waals surface area contributed by atoms with Crippen molar-refractivity contribution in [3.05, 3.63) is 94.2 Å². The van der Waals surface area contributed by atoms with Crippen molar-refractivity contribution in [3.8, 4) is 0 Å². The van der Waals surface area contributed by atoms with Crippen molar-refractivity contribution in [2.75, 3.05) is 0 Å². The Kier molecular flexibility index (Phi) is 7.95. The van der Waals surface area contributed by atoms with Crippen LogP contribution in [0.3, 0.4) is 0 Å². The molecule has 1 heterocycles. The number of alkyl halides is 3. The maximum atomic E-state index is 13.2. The van der Waals surface area contributed by atoms with Crippen LogP contribution in [0.4, 0.5) is 13.2 Å². The number of fused-ring (bicyclic) bond motifs is 1. The number of nitrogens with zero attached hydrogens (tertiary/aromatic N) is 1. The van der Waals surface area contributed by atoms with E-state index in [-0.39, 0.29) is 6.42 Å². The van der Waals surface area contributed by atoms with E-state index in [1.165, 1.54) is 17.7 Å². The molecule has 4 aromatic rings. The number of halogens is 3. The molecule has 4 rings (SSSR count). The zero-order valence-electron chi connectivity index (χ0n) is 23.1. The van der Waals surface area contributed by atoms with E-state index in [0.29, 0.717) is 18.0 Å². The Morgan fingerprint density at radius 2 is 1.56 bits per heavy atom. The number of carbonyl (C=O) groups is 1. The highest BCUT2D eigenvalue weighted by Gasteiger charge is 2.33. The van der Waals surface area contributed by atoms with E-state index >= 15 is 0 Å². The molecule has 0 spiro atoms. The largest absolute Gasteiger partial charge is 0.481 e. The van der Waals surface area contributed by atoms with Gasteiger partial charge in [-0.05, 0) is 80.1 Å². The van der Waals surface area contributed by atoms with Crippen LogP contribution < -0.4 is 0 Å². The van der Waals surface area contributed by atoms with Gasteiger partial charge in [-0.15, -0.1) is 0 Å². The third kappa shape index (κ3) is 6.03. The monoisotopic (exact) mass is 553 g/mol. The molecular weight excluding hydrogens is 519 g/mol. The Hall–Kier alpha value is -3.19. The first-order valence-electron chi connectivity index (χ1n) is 13.0. The van der Waals surface area contributed by atoms with Gasteiger partial charge in [-0.25, -0.2) is 0 Å². The molecule has 206 valence electrons. The van der Waals surface area contributed by atoms with Gasteiger partial charge in [-0.1, -0.05) is 62.0 Å². The maximum absolute atomic E-state index is 13.2. The Morgan fingerprint density at radius 1 is 0.949 bits per heavy atom. The topological polar surface area (TPSA) is 42.2 Å². The lowest BCUT2D eigenvalue weighted by Crippen LogP contribution is -2.27. The summed E-state index contributed by atoms with van der Waals surface area (Å²) < 4.78 is 41.7. The van der Waals surface area contributed by atoms with E-state index in [1.807, 2.05) is 6.07 Å². The van der Waals surface area contributed by atoms with Crippen molar-refractivity contribution in [3.63, 3.8) is 0 Å². The third-order valence-corrected chi connectivity index (χ3v) is 8.74. The van der Waals surface area contributed by atoms with Crippen LogP contribution in [0.5, 0.6) is 0 Å². The van der Waals surface area contributed by atoms with Crippen molar-refractivity contribution in [1.82, 2.24) is 4.57 Å². The van der Waals surface area contributed by atoms with E-state index in [2.05, 4.69) is 62.6 Å². The lowest BCUT2D eigenvalue weighted by atomic mass is 9.88. The molecule has 0 fully saturated rings. The lowest BCUT2D eigenvalue weighted by Gasteiger charge is -2.22. The van der Waals surface area contributed by atoms with Crippen LogP contribution in [-0.4, -0.2) is 15.6 Å². The summed E-state index contributed by atoms with van der Waals surface area (Å²) in [7, 11) is 0. The van der Waals surface area contributed by atoms with Crippen molar-refractivity contribution >= 4 is 28.6 Å². The quantitative estimate of drug-likeness (QED) is 0.236. The number of carboxylic acid groups (broad SMARTS) is 1. The smallest absolute Gasteiger partial charge is 0.416 e. The minimum absolute atomic E-state index is 0.266.